The number of anilines is 1. The molecule has 3 rings (SSSR count). The monoisotopic (exact) mass is 455 g/mol. The van der Waals surface area contributed by atoms with Gasteiger partial charge < -0.3 is 15.1 Å². The Kier molecular flexibility index (Phi) is 7.12. The summed E-state index contributed by atoms with van der Waals surface area (Å²) in [5.74, 6) is -0.564. The number of carbonyl (C=O) groups is 2. The standard InChI is InChI=1S/C23H25N3O5S/c1-16(2)26(3)32(29,30)20-11-9-17(10-12-20)15-24-22(27)18-6-4-7-19(14-18)25-23(28)21-8-5-13-31-21/h4-14,16H,15H2,1-3H3,(H,24,27)(H,25,28). The van der Waals surface area contributed by atoms with E-state index in [4.69, 9.17) is 4.42 Å². The molecule has 2 aromatic carbocycles. The lowest BCUT2D eigenvalue weighted by molar-refractivity contribution is 0.0949. The van der Waals surface area contributed by atoms with Crippen molar-refractivity contribution in [3.05, 3.63) is 83.8 Å². The summed E-state index contributed by atoms with van der Waals surface area (Å²) in [4.78, 5) is 24.8. The predicted molar refractivity (Wildman–Crippen MR) is 121 cm³/mol. The van der Waals surface area contributed by atoms with Crippen molar-refractivity contribution in [2.45, 2.75) is 31.3 Å². The van der Waals surface area contributed by atoms with Crippen LogP contribution in [0.1, 0.15) is 40.3 Å². The molecule has 0 bridgehead atoms. The number of hydrogen-bond donors (Lipinski definition) is 2. The fourth-order valence-corrected chi connectivity index (χ4v) is 4.21. The normalized spacial score (nSPS) is 11.5. The smallest absolute Gasteiger partial charge is 0.291 e. The number of nitrogens with zero attached hydrogens (tertiary/aromatic N) is 1. The molecule has 0 aliphatic carbocycles. The average Bonchev–Trinajstić information content (AvgIpc) is 3.32. The van der Waals surface area contributed by atoms with Crippen LogP contribution in [0.25, 0.3) is 0 Å². The van der Waals surface area contributed by atoms with Crippen LogP contribution in [0.2, 0.25) is 0 Å². The van der Waals surface area contributed by atoms with E-state index in [1.807, 2.05) is 0 Å². The minimum Gasteiger partial charge on any atom is -0.459 e. The highest BCUT2D eigenvalue weighted by atomic mass is 32.2. The molecule has 168 valence electrons. The van der Waals surface area contributed by atoms with Gasteiger partial charge in [-0.2, -0.15) is 4.31 Å². The van der Waals surface area contributed by atoms with Crippen LogP contribution in [-0.2, 0) is 16.6 Å². The summed E-state index contributed by atoms with van der Waals surface area (Å²) in [7, 11) is -2.01. The molecule has 2 amide bonds. The summed E-state index contributed by atoms with van der Waals surface area (Å²) in [5, 5.41) is 5.47. The number of nitrogens with one attached hydrogen (secondary N) is 2. The molecule has 0 spiro atoms. The van der Waals surface area contributed by atoms with Crippen molar-refractivity contribution in [3.8, 4) is 0 Å². The van der Waals surface area contributed by atoms with Gasteiger partial charge in [-0.25, -0.2) is 8.42 Å². The molecule has 9 heteroatoms. The van der Waals surface area contributed by atoms with Crippen LogP contribution in [-0.4, -0.2) is 37.6 Å². The average molecular weight is 456 g/mol. The van der Waals surface area contributed by atoms with E-state index in [2.05, 4.69) is 10.6 Å². The first kappa shape index (κ1) is 23.2. The van der Waals surface area contributed by atoms with Gasteiger partial charge in [0.1, 0.15) is 0 Å². The molecule has 0 atom stereocenters. The van der Waals surface area contributed by atoms with Crippen LogP contribution < -0.4 is 10.6 Å². The molecule has 32 heavy (non-hydrogen) atoms. The highest BCUT2D eigenvalue weighted by Crippen LogP contribution is 2.17. The second kappa shape index (κ2) is 9.80. The van der Waals surface area contributed by atoms with Gasteiger partial charge in [-0.15, -0.1) is 0 Å². The Morgan fingerprint density at radius 1 is 1.00 bits per heavy atom. The van der Waals surface area contributed by atoms with Gasteiger partial charge in [-0.05, 0) is 61.9 Å². The molecule has 0 aliphatic rings. The van der Waals surface area contributed by atoms with Gasteiger partial charge in [0.25, 0.3) is 11.8 Å². The molecule has 1 heterocycles. The Balaban J connectivity index is 1.62. The maximum atomic E-state index is 12.5. The van der Waals surface area contributed by atoms with Crippen molar-refractivity contribution in [2.75, 3.05) is 12.4 Å². The van der Waals surface area contributed by atoms with Crippen molar-refractivity contribution < 1.29 is 22.4 Å². The molecule has 1 aromatic heterocycles. The van der Waals surface area contributed by atoms with Crippen LogP contribution in [0, 0.1) is 0 Å². The summed E-state index contributed by atoms with van der Waals surface area (Å²) in [6.07, 6.45) is 1.41. The van der Waals surface area contributed by atoms with Gasteiger partial charge >= 0.3 is 0 Å². The minimum absolute atomic E-state index is 0.154. The Bertz CT molecular complexity index is 1190. The van der Waals surface area contributed by atoms with E-state index in [0.717, 1.165) is 5.56 Å². The van der Waals surface area contributed by atoms with Crippen molar-refractivity contribution in [1.29, 1.82) is 0 Å². The zero-order chi connectivity index (χ0) is 23.3. The first-order chi connectivity index (χ1) is 15.2. The molecule has 8 nitrogen and oxygen atoms in total. The van der Waals surface area contributed by atoms with Crippen LogP contribution >= 0.6 is 0 Å². The summed E-state index contributed by atoms with van der Waals surface area (Å²) in [6.45, 7) is 3.83. The van der Waals surface area contributed by atoms with E-state index in [9.17, 15) is 18.0 Å². The Morgan fingerprint density at radius 2 is 1.72 bits per heavy atom. The number of benzene rings is 2. The van der Waals surface area contributed by atoms with Crippen LogP contribution in [0.5, 0.6) is 0 Å². The van der Waals surface area contributed by atoms with Gasteiger partial charge in [-0.1, -0.05) is 18.2 Å². The third-order valence-corrected chi connectivity index (χ3v) is 6.96. The molecule has 0 saturated heterocycles. The highest BCUT2D eigenvalue weighted by molar-refractivity contribution is 7.89. The minimum atomic E-state index is -3.56. The van der Waals surface area contributed by atoms with Gasteiger partial charge in [0.05, 0.1) is 11.2 Å². The van der Waals surface area contributed by atoms with Crippen LogP contribution in [0.15, 0.2) is 76.2 Å². The first-order valence-corrected chi connectivity index (χ1v) is 11.4. The van der Waals surface area contributed by atoms with Gasteiger partial charge in [0.2, 0.25) is 10.0 Å². The molecular formula is C23H25N3O5S. The Hall–Kier alpha value is -3.43. The SMILES string of the molecule is CC(C)N(C)S(=O)(=O)c1ccc(CNC(=O)c2cccc(NC(=O)c3ccco3)c2)cc1. The lowest BCUT2D eigenvalue weighted by Crippen LogP contribution is -2.33. The number of hydrogen-bond acceptors (Lipinski definition) is 5. The molecule has 0 unspecified atom stereocenters. The molecular weight excluding hydrogens is 430 g/mol. The highest BCUT2D eigenvalue weighted by Gasteiger charge is 2.22. The van der Waals surface area contributed by atoms with E-state index in [1.165, 1.54) is 22.7 Å². The maximum Gasteiger partial charge on any atom is 0.291 e. The number of furan rings is 1. The van der Waals surface area contributed by atoms with E-state index < -0.39 is 15.9 Å². The van der Waals surface area contributed by atoms with E-state index in [1.54, 1.807) is 69.4 Å². The van der Waals surface area contributed by atoms with Crippen molar-refractivity contribution in [3.63, 3.8) is 0 Å². The number of amides is 2. The van der Waals surface area contributed by atoms with Crippen LogP contribution in [0.4, 0.5) is 5.69 Å². The summed E-state index contributed by atoms with van der Waals surface area (Å²) >= 11 is 0. The first-order valence-electron chi connectivity index (χ1n) is 9.98. The quantitative estimate of drug-likeness (QED) is 0.540. The zero-order valence-electron chi connectivity index (χ0n) is 18.0. The van der Waals surface area contributed by atoms with Gasteiger partial charge in [0.15, 0.2) is 5.76 Å². The fraction of sp³-hybridized carbons (Fsp3) is 0.217. The Labute approximate surface area is 187 Å². The lowest BCUT2D eigenvalue weighted by Gasteiger charge is -2.21. The third kappa shape index (κ3) is 5.43. The molecule has 0 saturated carbocycles. The molecule has 2 N–H and O–H groups in total. The molecule has 0 fully saturated rings. The second-order valence-electron chi connectivity index (χ2n) is 7.45. The summed E-state index contributed by atoms with van der Waals surface area (Å²) in [5.41, 5.74) is 1.59. The predicted octanol–water partition coefficient (Wildman–Crippen LogP) is 3.49. The maximum absolute atomic E-state index is 12.5. The van der Waals surface area contributed by atoms with E-state index in [0.29, 0.717) is 11.3 Å². The van der Waals surface area contributed by atoms with Crippen LogP contribution in [0.3, 0.4) is 0 Å². The molecule has 0 aliphatic heterocycles. The van der Waals surface area contributed by atoms with E-state index in [-0.39, 0.29) is 29.1 Å². The second-order valence-corrected chi connectivity index (χ2v) is 9.45. The van der Waals surface area contributed by atoms with Crippen molar-refractivity contribution in [2.24, 2.45) is 0 Å². The lowest BCUT2D eigenvalue weighted by atomic mass is 10.1. The fourth-order valence-electron chi connectivity index (χ4n) is 2.85. The number of sulfonamides is 1. The van der Waals surface area contributed by atoms with E-state index >= 15 is 0 Å². The number of carbonyl (C=O) groups excluding carboxylic acids is 2. The molecule has 0 radical (unpaired) electrons. The van der Waals surface area contributed by atoms with Gasteiger partial charge in [0, 0.05) is 30.9 Å². The molecule has 3 aromatic rings. The summed E-state index contributed by atoms with van der Waals surface area (Å²) < 4.78 is 31.4. The van der Waals surface area contributed by atoms with Crippen molar-refractivity contribution in [1.82, 2.24) is 9.62 Å². The third-order valence-electron chi connectivity index (χ3n) is 4.91. The zero-order valence-corrected chi connectivity index (χ0v) is 18.8. The van der Waals surface area contributed by atoms with Crippen molar-refractivity contribution >= 4 is 27.5 Å². The number of rotatable bonds is 8. The Morgan fingerprint density at radius 3 is 2.34 bits per heavy atom. The van der Waals surface area contributed by atoms with Gasteiger partial charge in [-0.3, -0.25) is 9.59 Å². The summed E-state index contributed by atoms with van der Waals surface area (Å²) in [6, 6.07) is 15.9. The largest absolute Gasteiger partial charge is 0.459 e. The topological polar surface area (TPSA) is 109 Å².